The first-order valence-corrected chi connectivity index (χ1v) is 5.00. The number of nitrogens with one attached hydrogen (secondary N) is 1. The average Bonchev–Trinajstić information content (AvgIpc) is 2.28. The molecule has 0 aliphatic heterocycles. The Hall–Kier alpha value is -1.92. The minimum atomic E-state index is -1.11. The molecule has 4 N–H and O–H groups in total. The highest BCUT2D eigenvalue weighted by atomic mass is 16.5. The van der Waals surface area contributed by atoms with Crippen molar-refractivity contribution < 1.29 is 19.4 Å². The normalized spacial score (nSPS) is 9.94. The van der Waals surface area contributed by atoms with Gasteiger partial charge in [-0.3, -0.25) is 4.79 Å². The summed E-state index contributed by atoms with van der Waals surface area (Å²) in [6, 6.07) is 7.08. The van der Waals surface area contributed by atoms with Crippen molar-refractivity contribution in [3.05, 3.63) is 29.8 Å². The van der Waals surface area contributed by atoms with E-state index in [2.05, 4.69) is 10.1 Å². The Morgan fingerprint density at radius 3 is 2.76 bits per heavy atom. The first kappa shape index (κ1) is 13.1. The first-order chi connectivity index (χ1) is 8.11. The molecule has 0 spiro atoms. The third-order valence-electron chi connectivity index (χ3n) is 1.91. The molecule has 92 valence electrons. The van der Waals surface area contributed by atoms with Gasteiger partial charge >= 0.3 is 5.97 Å². The zero-order valence-corrected chi connectivity index (χ0v) is 9.18. The molecule has 0 radical (unpaired) electrons. The van der Waals surface area contributed by atoms with Crippen LogP contribution in [-0.4, -0.2) is 30.2 Å². The summed E-state index contributed by atoms with van der Waals surface area (Å²) in [5.41, 5.74) is 6.97. The number of rotatable bonds is 6. The van der Waals surface area contributed by atoms with Crippen LogP contribution in [0.1, 0.15) is 5.56 Å². The quantitative estimate of drug-likeness (QED) is 0.656. The SMILES string of the molecule is NCc1cccc(NC(=O)COCC(=O)O)c1. The molecule has 0 saturated heterocycles. The lowest BCUT2D eigenvalue weighted by molar-refractivity contribution is -0.143. The highest BCUT2D eigenvalue weighted by molar-refractivity contribution is 5.91. The van der Waals surface area contributed by atoms with E-state index in [0.717, 1.165) is 5.56 Å². The van der Waals surface area contributed by atoms with Crippen LogP contribution in [0.25, 0.3) is 0 Å². The maximum Gasteiger partial charge on any atom is 0.329 e. The van der Waals surface area contributed by atoms with Gasteiger partial charge in [-0.2, -0.15) is 0 Å². The Balaban J connectivity index is 2.42. The number of hydrogen-bond donors (Lipinski definition) is 3. The van der Waals surface area contributed by atoms with Crippen LogP contribution >= 0.6 is 0 Å². The minimum Gasteiger partial charge on any atom is -0.480 e. The predicted octanol–water partition coefficient (Wildman–Crippen LogP) is 0.185. The summed E-state index contributed by atoms with van der Waals surface area (Å²) in [4.78, 5) is 21.5. The van der Waals surface area contributed by atoms with Gasteiger partial charge in [0.25, 0.3) is 0 Å². The van der Waals surface area contributed by atoms with Gasteiger partial charge in [-0.1, -0.05) is 12.1 Å². The fraction of sp³-hybridized carbons (Fsp3) is 0.273. The number of carboxylic acid groups (broad SMARTS) is 1. The van der Waals surface area contributed by atoms with Gasteiger partial charge in [-0.15, -0.1) is 0 Å². The Bertz CT molecular complexity index is 406. The molecule has 0 saturated carbocycles. The van der Waals surface area contributed by atoms with Crippen molar-refractivity contribution in [2.24, 2.45) is 5.73 Å². The van der Waals surface area contributed by atoms with Crippen LogP contribution in [0, 0.1) is 0 Å². The van der Waals surface area contributed by atoms with Gasteiger partial charge in [0.05, 0.1) is 0 Å². The molecular formula is C11H14N2O4. The number of benzene rings is 1. The van der Waals surface area contributed by atoms with Gasteiger partial charge in [-0.05, 0) is 17.7 Å². The number of nitrogens with two attached hydrogens (primary N) is 1. The van der Waals surface area contributed by atoms with E-state index in [4.69, 9.17) is 10.8 Å². The predicted molar refractivity (Wildman–Crippen MR) is 61.4 cm³/mol. The van der Waals surface area contributed by atoms with Gasteiger partial charge in [0, 0.05) is 12.2 Å². The summed E-state index contributed by atoms with van der Waals surface area (Å²) in [6.45, 7) is -0.394. The molecule has 0 bridgehead atoms. The minimum absolute atomic E-state index is 0.293. The largest absolute Gasteiger partial charge is 0.480 e. The maximum atomic E-state index is 11.3. The van der Waals surface area contributed by atoms with E-state index in [1.807, 2.05) is 6.07 Å². The van der Waals surface area contributed by atoms with Gasteiger partial charge in [0.1, 0.15) is 13.2 Å². The van der Waals surface area contributed by atoms with E-state index in [-0.39, 0.29) is 6.61 Å². The molecule has 1 rings (SSSR count). The molecular weight excluding hydrogens is 224 g/mol. The van der Waals surface area contributed by atoms with Crippen LogP contribution in [0.4, 0.5) is 5.69 Å². The third-order valence-corrected chi connectivity index (χ3v) is 1.91. The number of ether oxygens (including phenoxy) is 1. The Kier molecular flexibility index (Phi) is 5.12. The lowest BCUT2D eigenvalue weighted by Crippen LogP contribution is -2.20. The number of carboxylic acids is 1. The van der Waals surface area contributed by atoms with E-state index in [1.165, 1.54) is 0 Å². The number of carbonyl (C=O) groups excluding carboxylic acids is 1. The Morgan fingerprint density at radius 1 is 1.35 bits per heavy atom. The van der Waals surface area contributed by atoms with Gasteiger partial charge in [0.2, 0.25) is 5.91 Å². The second-order valence-electron chi connectivity index (χ2n) is 3.34. The summed E-state index contributed by atoms with van der Waals surface area (Å²) >= 11 is 0. The summed E-state index contributed by atoms with van der Waals surface area (Å²) in [6.07, 6.45) is 0. The van der Waals surface area contributed by atoms with E-state index < -0.39 is 18.5 Å². The van der Waals surface area contributed by atoms with Crippen LogP contribution in [0.3, 0.4) is 0 Å². The topological polar surface area (TPSA) is 102 Å². The molecule has 6 heteroatoms. The molecule has 1 aromatic carbocycles. The molecule has 0 atom stereocenters. The molecule has 0 aliphatic carbocycles. The molecule has 6 nitrogen and oxygen atoms in total. The first-order valence-electron chi connectivity index (χ1n) is 5.00. The average molecular weight is 238 g/mol. The molecule has 1 aromatic rings. The Morgan fingerprint density at radius 2 is 2.12 bits per heavy atom. The molecule has 0 unspecified atom stereocenters. The number of anilines is 1. The van der Waals surface area contributed by atoms with Gasteiger partial charge in [-0.25, -0.2) is 4.79 Å². The lowest BCUT2D eigenvalue weighted by atomic mass is 10.2. The van der Waals surface area contributed by atoms with E-state index in [0.29, 0.717) is 12.2 Å². The monoisotopic (exact) mass is 238 g/mol. The number of hydrogen-bond acceptors (Lipinski definition) is 4. The summed E-state index contributed by atoms with van der Waals surface area (Å²) in [5, 5.41) is 10.9. The van der Waals surface area contributed by atoms with Crippen molar-refractivity contribution >= 4 is 17.6 Å². The van der Waals surface area contributed by atoms with Crippen molar-refractivity contribution in [1.82, 2.24) is 0 Å². The van der Waals surface area contributed by atoms with E-state index in [1.54, 1.807) is 18.2 Å². The fourth-order valence-electron chi connectivity index (χ4n) is 1.20. The van der Waals surface area contributed by atoms with E-state index >= 15 is 0 Å². The third kappa shape index (κ3) is 5.10. The standard InChI is InChI=1S/C11H14N2O4/c12-5-8-2-1-3-9(4-8)13-10(14)6-17-7-11(15)16/h1-4H,5-7,12H2,(H,13,14)(H,15,16). The zero-order chi connectivity index (χ0) is 12.7. The number of aliphatic carboxylic acids is 1. The lowest BCUT2D eigenvalue weighted by Gasteiger charge is -2.06. The van der Waals surface area contributed by atoms with Crippen LogP contribution in [0.2, 0.25) is 0 Å². The van der Waals surface area contributed by atoms with Crippen molar-refractivity contribution in [3.8, 4) is 0 Å². The summed E-state index contributed by atoms with van der Waals surface area (Å²) in [5.74, 6) is -1.51. The highest BCUT2D eigenvalue weighted by Crippen LogP contribution is 2.09. The Labute approximate surface area is 98.4 Å². The summed E-state index contributed by atoms with van der Waals surface area (Å²) in [7, 11) is 0. The van der Waals surface area contributed by atoms with Crippen LogP contribution in [0.15, 0.2) is 24.3 Å². The van der Waals surface area contributed by atoms with Crippen molar-refractivity contribution in [2.75, 3.05) is 18.5 Å². The van der Waals surface area contributed by atoms with Crippen LogP contribution in [0.5, 0.6) is 0 Å². The summed E-state index contributed by atoms with van der Waals surface area (Å²) < 4.78 is 4.65. The fourth-order valence-corrected chi connectivity index (χ4v) is 1.20. The second kappa shape index (κ2) is 6.62. The zero-order valence-electron chi connectivity index (χ0n) is 9.18. The van der Waals surface area contributed by atoms with Crippen molar-refractivity contribution in [1.29, 1.82) is 0 Å². The highest BCUT2D eigenvalue weighted by Gasteiger charge is 2.04. The molecule has 0 heterocycles. The van der Waals surface area contributed by atoms with Crippen LogP contribution < -0.4 is 11.1 Å². The van der Waals surface area contributed by atoms with Gasteiger partial charge < -0.3 is 20.9 Å². The molecule has 17 heavy (non-hydrogen) atoms. The smallest absolute Gasteiger partial charge is 0.329 e. The van der Waals surface area contributed by atoms with Crippen molar-refractivity contribution in [2.45, 2.75) is 6.54 Å². The van der Waals surface area contributed by atoms with Gasteiger partial charge in [0.15, 0.2) is 0 Å². The number of carbonyl (C=O) groups is 2. The molecule has 0 fully saturated rings. The van der Waals surface area contributed by atoms with Crippen LogP contribution in [-0.2, 0) is 20.9 Å². The molecule has 0 aliphatic rings. The number of amides is 1. The second-order valence-corrected chi connectivity index (χ2v) is 3.34. The molecule has 1 amide bonds. The molecule has 0 aromatic heterocycles. The van der Waals surface area contributed by atoms with E-state index in [9.17, 15) is 9.59 Å². The van der Waals surface area contributed by atoms with Crippen molar-refractivity contribution in [3.63, 3.8) is 0 Å². The maximum absolute atomic E-state index is 11.3.